The fourth-order valence-corrected chi connectivity index (χ4v) is 2.05. The maximum Gasteiger partial charge on any atom is 0.0410 e. The Morgan fingerprint density at radius 3 is 2.76 bits per heavy atom. The highest BCUT2D eigenvalue weighted by molar-refractivity contribution is 9.10. The molecule has 88 valence electrons. The number of rotatable bonds is 3. The molecule has 1 atom stereocenters. The van der Waals surface area contributed by atoms with Crippen LogP contribution in [-0.4, -0.2) is 9.97 Å². The molecule has 0 bridgehead atoms. The number of hydrogen-bond donors (Lipinski definition) is 1. The summed E-state index contributed by atoms with van der Waals surface area (Å²) < 4.78 is 0.976. The molecule has 0 amide bonds. The molecule has 0 aliphatic carbocycles. The van der Waals surface area contributed by atoms with Crippen molar-refractivity contribution in [1.29, 1.82) is 0 Å². The summed E-state index contributed by atoms with van der Waals surface area (Å²) in [7, 11) is 0. The Bertz CT molecular complexity index is 496. The summed E-state index contributed by atoms with van der Waals surface area (Å²) in [5.41, 5.74) is 9.32. The van der Waals surface area contributed by atoms with Crippen molar-refractivity contribution in [2.75, 3.05) is 0 Å². The summed E-state index contributed by atoms with van der Waals surface area (Å²) in [4.78, 5) is 8.38. The van der Waals surface area contributed by atoms with Gasteiger partial charge in [0.05, 0.1) is 0 Å². The van der Waals surface area contributed by atoms with Gasteiger partial charge in [-0.25, -0.2) is 0 Å². The first-order chi connectivity index (χ1) is 8.15. The summed E-state index contributed by atoms with van der Waals surface area (Å²) in [5, 5.41) is 0. The summed E-state index contributed by atoms with van der Waals surface area (Å²) in [5.74, 6) is 0. The molecule has 0 saturated heterocycles. The zero-order valence-electron chi connectivity index (χ0n) is 9.60. The molecule has 2 rings (SSSR count). The Hall–Kier alpha value is -1.26. The molecule has 0 saturated carbocycles. The van der Waals surface area contributed by atoms with Gasteiger partial charge < -0.3 is 5.73 Å². The second-order valence-electron chi connectivity index (χ2n) is 4.05. The van der Waals surface area contributed by atoms with Crippen molar-refractivity contribution in [1.82, 2.24) is 9.97 Å². The second kappa shape index (κ2) is 5.38. The van der Waals surface area contributed by atoms with E-state index in [1.54, 1.807) is 6.20 Å². The van der Waals surface area contributed by atoms with Gasteiger partial charge in [-0.3, -0.25) is 9.97 Å². The van der Waals surface area contributed by atoms with E-state index in [4.69, 9.17) is 5.73 Å². The summed E-state index contributed by atoms with van der Waals surface area (Å²) in [6.07, 6.45) is 6.21. The van der Waals surface area contributed by atoms with Gasteiger partial charge in [0, 0.05) is 34.8 Å². The van der Waals surface area contributed by atoms with Crippen LogP contribution in [0.3, 0.4) is 0 Å². The van der Waals surface area contributed by atoms with Crippen molar-refractivity contribution in [3.8, 4) is 0 Å². The van der Waals surface area contributed by atoms with E-state index in [9.17, 15) is 0 Å². The topological polar surface area (TPSA) is 51.8 Å². The van der Waals surface area contributed by atoms with Gasteiger partial charge in [-0.2, -0.15) is 0 Å². The van der Waals surface area contributed by atoms with Crippen LogP contribution >= 0.6 is 15.9 Å². The van der Waals surface area contributed by atoms with Crippen LogP contribution in [0.2, 0.25) is 0 Å². The first kappa shape index (κ1) is 12.2. The fraction of sp³-hybridized carbons (Fsp3) is 0.231. The molecule has 0 radical (unpaired) electrons. The van der Waals surface area contributed by atoms with Crippen LogP contribution in [0.4, 0.5) is 0 Å². The molecule has 4 heteroatoms. The van der Waals surface area contributed by atoms with Crippen LogP contribution in [0.15, 0.2) is 41.3 Å². The van der Waals surface area contributed by atoms with E-state index in [1.165, 1.54) is 0 Å². The Balaban J connectivity index is 2.11. The van der Waals surface area contributed by atoms with E-state index < -0.39 is 0 Å². The average Bonchev–Trinajstić information content (AvgIpc) is 2.29. The maximum absolute atomic E-state index is 6.14. The van der Waals surface area contributed by atoms with Gasteiger partial charge in [-0.05, 0) is 52.5 Å². The van der Waals surface area contributed by atoms with Crippen molar-refractivity contribution < 1.29 is 0 Å². The van der Waals surface area contributed by atoms with Gasteiger partial charge in [0.15, 0.2) is 0 Å². The largest absolute Gasteiger partial charge is 0.324 e. The van der Waals surface area contributed by atoms with Crippen LogP contribution in [0.5, 0.6) is 0 Å². The molecule has 0 fully saturated rings. The SMILES string of the molecule is Cc1ccc(C(N)Cc2cncc(Br)c2)cn1. The predicted molar refractivity (Wildman–Crippen MR) is 71.5 cm³/mol. The van der Waals surface area contributed by atoms with Crippen LogP contribution in [0.25, 0.3) is 0 Å². The molecule has 0 aliphatic heterocycles. The molecular weight excluding hydrogens is 278 g/mol. The predicted octanol–water partition coefficient (Wildman–Crippen LogP) is 2.79. The van der Waals surface area contributed by atoms with Crippen LogP contribution in [0.1, 0.15) is 22.9 Å². The minimum atomic E-state index is -0.0424. The number of halogens is 1. The number of hydrogen-bond acceptors (Lipinski definition) is 3. The molecule has 0 aromatic carbocycles. The van der Waals surface area contributed by atoms with Gasteiger partial charge in [0.1, 0.15) is 0 Å². The van der Waals surface area contributed by atoms with Crippen molar-refractivity contribution in [3.05, 3.63) is 58.1 Å². The van der Waals surface area contributed by atoms with Gasteiger partial charge in [0.25, 0.3) is 0 Å². The lowest BCUT2D eigenvalue weighted by molar-refractivity contribution is 0.714. The smallest absolute Gasteiger partial charge is 0.0410 e. The first-order valence-corrected chi connectivity index (χ1v) is 6.22. The number of aryl methyl sites for hydroxylation is 1. The molecule has 3 nitrogen and oxygen atoms in total. The molecule has 2 aromatic rings. The molecular formula is C13H14BrN3. The van der Waals surface area contributed by atoms with Crippen molar-refractivity contribution in [2.45, 2.75) is 19.4 Å². The Labute approximate surface area is 109 Å². The van der Waals surface area contributed by atoms with E-state index in [0.29, 0.717) is 0 Å². The summed E-state index contributed by atoms with van der Waals surface area (Å²) in [6, 6.07) is 6.00. The van der Waals surface area contributed by atoms with E-state index in [0.717, 1.165) is 27.7 Å². The summed E-state index contributed by atoms with van der Waals surface area (Å²) >= 11 is 3.40. The lowest BCUT2D eigenvalue weighted by Crippen LogP contribution is -2.13. The van der Waals surface area contributed by atoms with E-state index >= 15 is 0 Å². The molecule has 17 heavy (non-hydrogen) atoms. The van der Waals surface area contributed by atoms with Gasteiger partial charge in [0.2, 0.25) is 0 Å². The minimum absolute atomic E-state index is 0.0424. The number of nitrogens with zero attached hydrogens (tertiary/aromatic N) is 2. The van der Waals surface area contributed by atoms with Crippen molar-refractivity contribution >= 4 is 15.9 Å². The van der Waals surface area contributed by atoms with E-state index in [2.05, 4.69) is 25.9 Å². The van der Waals surface area contributed by atoms with Crippen molar-refractivity contribution in [2.24, 2.45) is 5.73 Å². The zero-order valence-corrected chi connectivity index (χ0v) is 11.2. The highest BCUT2D eigenvalue weighted by Gasteiger charge is 2.07. The van der Waals surface area contributed by atoms with E-state index in [-0.39, 0.29) is 6.04 Å². The Morgan fingerprint density at radius 2 is 2.12 bits per heavy atom. The van der Waals surface area contributed by atoms with Gasteiger partial charge >= 0.3 is 0 Å². The Kier molecular flexibility index (Phi) is 3.86. The maximum atomic E-state index is 6.14. The molecule has 0 spiro atoms. The normalized spacial score (nSPS) is 12.4. The number of nitrogens with two attached hydrogens (primary N) is 1. The molecule has 2 aromatic heterocycles. The molecule has 1 unspecified atom stereocenters. The minimum Gasteiger partial charge on any atom is -0.324 e. The lowest BCUT2D eigenvalue weighted by Gasteiger charge is -2.11. The highest BCUT2D eigenvalue weighted by Crippen LogP contribution is 2.17. The van der Waals surface area contributed by atoms with Crippen LogP contribution < -0.4 is 5.73 Å². The van der Waals surface area contributed by atoms with E-state index in [1.807, 2.05) is 37.5 Å². The number of aromatic nitrogens is 2. The van der Waals surface area contributed by atoms with Crippen molar-refractivity contribution in [3.63, 3.8) is 0 Å². The third kappa shape index (κ3) is 3.35. The second-order valence-corrected chi connectivity index (χ2v) is 4.97. The Morgan fingerprint density at radius 1 is 1.29 bits per heavy atom. The van der Waals surface area contributed by atoms with Crippen LogP contribution in [-0.2, 0) is 6.42 Å². The summed E-state index contributed by atoms with van der Waals surface area (Å²) in [6.45, 7) is 1.97. The lowest BCUT2D eigenvalue weighted by atomic mass is 10.0. The van der Waals surface area contributed by atoms with Gasteiger partial charge in [-0.15, -0.1) is 0 Å². The third-order valence-corrected chi connectivity index (χ3v) is 3.01. The molecule has 0 aliphatic rings. The first-order valence-electron chi connectivity index (χ1n) is 5.43. The monoisotopic (exact) mass is 291 g/mol. The third-order valence-electron chi connectivity index (χ3n) is 2.58. The van der Waals surface area contributed by atoms with Gasteiger partial charge in [-0.1, -0.05) is 6.07 Å². The zero-order chi connectivity index (χ0) is 12.3. The van der Waals surface area contributed by atoms with Crippen LogP contribution in [0, 0.1) is 6.92 Å². The molecule has 2 heterocycles. The number of pyridine rings is 2. The quantitative estimate of drug-likeness (QED) is 0.946. The molecule has 2 N–H and O–H groups in total. The standard InChI is InChI=1S/C13H14BrN3/c1-9-2-3-11(7-17-9)13(15)5-10-4-12(14)8-16-6-10/h2-4,6-8,13H,5,15H2,1H3. The fourth-order valence-electron chi connectivity index (χ4n) is 1.64. The highest BCUT2D eigenvalue weighted by atomic mass is 79.9. The average molecular weight is 292 g/mol.